The molecule has 93 valence electrons. The normalized spacial score (nSPS) is 11.6. The maximum absolute atomic E-state index is 4.12. The minimum atomic E-state index is 0.292. The second kappa shape index (κ2) is 4.89. The van der Waals surface area contributed by atoms with Crippen LogP contribution in [0.25, 0.3) is 11.3 Å². The molecular formula is C16H19N2. The van der Waals surface area contributed by atoms with Crippen LogP contribution >= 0.6 is 0 Å². The summed E-state index contributed by atoms with van der Waals surface area (Å²) in [5, 5.41) is 8.03. The predicted molar refractivity (Wildman–Crippen MR) is 75.1 cm³/mol. The first-order chi connectivity index (χ1) is 8.46. The van der Waals surface area contributed by atoms with E-state index in [9.17, 15) is 0 Å². The van der Waals surface area contributed by atoms with Crippen molar-refractivity contribution >= 4 is 0 Å². The van der Waals surface area contributed by atoms with Crippen molar-refractivity contribution in [2.24, 2.45) is 5.41 Å². The zero-order valence-corrected chi connectivity index (χ0v) is 11.3. The van der Waals surface area contributed by atoms with Gasteiger partial charge in [0.05, 0.1) is 5.69 Å². The Bertz CT molecular complexity index is 525. The van der Waals surface area contributed by atoms with Gasteiger partial charge in [0.15, 0.2) is 0 Å². The minimum Gasteiger partial charge on any atom is -0.159 e. The molecular weight excluding hydrogens is 220 g/mol. The summed E-state index contributed by atoms with van der Waals surface area (Å²) < 4.78 is 0. The Hall–Kier alpha value is -1.70. The van der Waals surface area contributed by atoms with Crippen molar-refractivity contribution in [3.63, 3.8) is 0 Å². The lowest BCUT2D eigenvalue weighted by atomic mass is 9.87. The van der Waals surface area contributed by atoms with Crippen LogP contribution < -0.4 is 0 Å². The molecule has 0 bridgehead atoms. The number of nitrogens with zero attached hydrogens (tertiary/aromatic N) is 2. The largest absolute Gasteiger partial charge is 0.159 e. The van der Waals surface area contributed by atoms with E-state index >= 15 is 0 Å². The third-order valence-corrected chi connectivity index (χ3v) is 2.75. The molecule has 0 N–H and O–H groups in total. The summed E-state index contributed by atoms with van der Waals surface area (Å²) in [5.74, 6) is 0. The highest BCUT2D eigenvalue weighted by Crippen LogP contribution is 2.25. The molecule has 1 heterocycles. The Labute approximate surface area is 109 Å². The summed E-state index contributed by atoms with van der Waals surface area (Å²) in [6, 6.07) is 10.2. The molecule has 1 aromatic heterocycles. The monoisotopic (exact) mass is 239 g/mol. The molecule has 1 aromatic carbocycles. The smallest absolute Gasteiger partial charge is 0.0932 e. The molecule has 0 atom stereocenters. The van der Waals surface area contributed by atoms with Crippen LogP contribution in [0.4, 0.5) is 0 Å². The third kappa shape index (κ3) is 3.16. The van der Waals surface area contributed by atoms with Gasteiger partial charge in [0.2, 0.25) is 0 Å². The second-order valence-corrected chi connectivity index (χ2v) is 5.84. The molecule has 0 amide bonds. The Balaban J connectivity index is 2.32. The van der Waals surface area contributed by atoms with Gasteiger partial charge in [0, 0.05) is 11.8 Å². The van der Waals surface area contributed by atoms with E-state index in [-0.39, 0.29) is 0 Å². The van der Waals surface area contributed by atoms with E-state index in [0.717, 1.165) is 23.2 Å². The number of aromatic nitrogens is 2. The van der Waals surface area contributed by atoms with Crippen molar-refractivity contribution in [3.05, 3.63) is 54.6 Å². The van der Waals surface area contributed by atoms with E-state index in [1.807, 2.05) is 12.1 Å². The highest BCUT2D eigenvalue weighted by Gasteiger charge is 2.12. The van der Waals surface area contributed by atoms with Crippen LogP contribution in [-0.4, -0.2) is 10.2 Å². The zero-order valence-electron chi connectivity index (χ0n) is 11.3. The van der Waals surface area contributed by atoms with Crippen LogP contribution in [0.3, 0.4) is 0 Å². The van der Waals surface area contributed by atoms with Gasteiger partial charge < -0.3 is 0 Å². The highest BCUT2D eigenvalue weighted by molar-refractivity contribution is 5.64. The van der Waals surface area contributed by atoms with Gasteiger partial charge in [0.1, 0.15) is 0 Å². The molecule has 0 unspecified atom stereocenters. The van der Waals surface area contributed by atoms with E-state index in [1.165, 1.54) is 5.56 Å². The lowest BCUT2D eigenvalue weighted by molar-refractivity contribution is 0.411. The Morgan fingerprint density at radius 2 is 1.94 bits per heavy atom. The molecule has 0 aliphatic heterocycles. The van der Waals surface area contributed by atoms with Gasteiger partial charge in [-0.15, -0.1) is 0 Å². The van der Waals surface area contributed by atoms with Crippen LogP contribution in [0.15, 0.2) is 36.5 Å². The third-order valence-electron chi connectivity index (χ3n) is 2.75. The Morgan fingerprint density at radius 1 is 1.17 bits per heavy atom. The second-order valence-electron chi connectivity index (χ2n) is 5.84. The Kier molecular flexibility index (Phi) is 3.46. The fourth-order valence-electron chi connectivity index (χ4n) is 2.06. The van der Waals surface area contributed by atoms with Crippen LogP contribution in [0.2, 0.25) is 0 Å². The number of hydrogen-bond donors (Lipinski definition) is 0. The van der Waals surface area contributed by atoms with Crippen LogP contribution in [0.5, 0.6) is 0 Å². The van der Waals surface area contributed by atoms with Crippen molar-refractivity contribution in [2.45, 2.75) is 27.2 Å². The molecule has 1 radical (unpaired) electrons. The maximum atomic E-state index is 4.12. The average Bonchev–Trinajstić information content (AvgIpc) is 2.28. The summed E-state index contributed by atoms with van der Waals surface area (Å²) in [4.78, 5) is 0. The molecule has 18 heavy (non-hydrogen) atoms. The summed E-state index contributed by atoms with van der Waals surface area (Å²) in [7, 11) is 0. The number of benzene rings is 1. The highest BCUT2D eigenvalue weighted by atomic mass is 15.1. The van der Waals surface area contributed by atoms with Crippen LogP contribution in [-0.2, 0) is 6.42 Å². The predicted octanol–water partition coefficient (Wildman–Crippen LogP) is 3.91. The fourth-order valence-corrected chi connectivity index (χ4v) is 2.06. The Morgan fingerprint density at radius 3 is 2.50 bits per heavy atom. The molecule has 2 rings (SSSR count). The molecule has 0 spiro atoms. The van der Waals surface area contributed by atoms with Crippen LogP contribution in [0.1, 0.15) is 31.9 Å². The van der Waals surface area contributed by atoms with Gasteiger partial charge in [0.25, 0.3) is 0 Å². The van der Waals surface area contributed by atoms with Crippen molar-refractivity contribution in [1.82, 2.24) is 10.2 Å². The van der Waals surface area contributed by atoms with E-state index in [0.29, 0.717) is 5.41 Å². The molecule has 0 fully saturated rings. The maximum Gasteiger partial charge on any atom is 0.0932 e. The van der Waals surface area contributed by atoms with E-state index in [1.54, 1.807) is 6.20 Å². The number of rotatable bonds is 2. The van der Waals surface area contributed by atoms with Crippen molar-refractivity contribution < 1.29 is 0 Å². The summed E-state index contributed by atoms with van der Waals surface area (Å²) >= 11 is 0. The van der Waals surface area contributed by atoms with Gasteiger partial charge in [-0.05, 0) is 42.0 Å². The van der Waals surface area contributed by atoms with E-state index in [4.69, 9.17) is 0 Å². The molecule has 0 saturated carbocycles. The molecule has 0 saturated heterocycles. The van der Waals surface area contributed by atoms with Crippen molar-refractivity contribution in [1.29, 1.82) is 0 Å². The summed E-state index contributed by atoms with van der Waals surface area (Å²) in [6.45, 7) is 10.8. The quantitative estimate of drug-likeness (QED) is 0.794. The topological polar surface area (TPSA) is 25.8 Å². The summed E-state index contributed by atoms with van der Waals surface area (Å²) in [5.41, 5.74) is 4.56. The molecule has 2 aromatic rings. The molecule has 0 aliphatic rings. The van der Waals surface area contributed by atoms with Gasteiger partial charge >= 0.3 is 0 Å². The lowest BCUT2D eigenvalue weighted by Gasteiger charge is -2.18. The molecule has 2 nitrogen and oxygen atoms in total. The van der Waals surface area contributed by atoms with E-state index < -0.39 is 0 Å². The van der Waals surface area contributed by atoms with E-state index in [2.05, 4.69) is 56.1 Å². The first kappa shape index (κ1) is 12.7. The first-order valence-corrected chi connectivity index (χ1v) is 6.19. The number of hydrogen-bond acceptors (Lipinski definition) is 2. The SMILES string of the molecule is [CH2]c1cc(CC(C)(C)C)ccc1-c1cccnn1. The molecule has 0 aliphatic carbocycles. The first-order valence-electron chi connectivity index (χ1n) is 6.19. The average molecular weight is 239 g/mol. The minimum absolute atomic E-state index is 0.292. The van der Waals surface area contributed by atoms with Gasteiger partial charge in [-0.1, -0.05) is 39.0 Å². The standard InChI is InChI=1S/C16H19N2/c1-12-10-13(11-16(2,3)4)7-8-14(12)15-6-5-9-17-18-15/h5-10H,1,11H2,2-4H3. The van der Waals surface area contributed by atoms with Gasteiger partial charge in [-0.2, -0.15) is 10.2 Å². The molecule has 2 heteroatoms. The zero-order chi connectivity index (χ0) is 13.2. The van der Waals surface area contributed by atoms with Gasteiger partial charge in [-0.25, -0.2) is 0 Å². The lowest BCUT2D eigenvalue weighted by Crippen LogP contribution is -2.09. The van der Waals surface area contributed by atoms with Gasteiger partial charge in [-0.3, -0.25) is 0 Å². The van der Waals surface area contributed by atoms with Crippen molar-refractivity contribution in [2.75, 3.05) is 0 Å². The van der Waals surface area contributed by atoms with Crippen molar-refractivity contribution in [3.8, 4) is 11.3 Å². The van der Waals surface area contributed by atoms with Crippen LogP contribution in [0, 0.1) is 12.3 Å². The summed E-state index contributed by atoms with van der Waals surface area (Å²) in [6.07, 6.45) is 2.73. The fraction of sp³-hybridized carbons (Fsp3) is 0.312.